The smallest absolute Gasteiger partial charge is 0.0609 e. The van der Waals surface area contributed by atoms with Crippen molar-refractivity contribution < 1.29 is 0 Å². The second kappa shape index (κ2) is 3.33. The molecule has 4 heteroatoms. The topological polar surface area (TPSA) is 26.0 Å². The average Bonchev–Trinajstić information content (AvgIpc) is 1.97. The highest BCUT2D eigenvalue weighted by molar-refractivity contribution is 9.13. The van der Waals surface area contributed by atoms with E-state index in [4.69, 9.17) is 17.3 Å². The zero-order valence-corrected chi connectivity index (χ0v) is 9.72. The van der Waals surface area contributed by atoms with Crippen molar-refractivity contribution in [3.05, 3.63) is 25.6 Å². The summed E-state index contributed by atoms with van der Waals surface area (Å²) in [7, 11) is 0. The summed E-state index contributed by atoms with van der Waals surface area (Å²) >= 11 is 12.6. The minimum Gasteiger partial charge on any atom is -0.398 e. The summed E-state index contributed by atoms with van der Waals surface area (Å²) in [5, 5.41) is 0.664. The first kappa shape index (κ1) is 9.36. The van der Waals surface area contributed by atoms with Crippen molar-refractivity contribution in [2.75, 3.05) is 5.73 Å². The molecular weight excluding hydrogens is 293 g/mol. The third-order valence-corrected chi connectivity index (χ3v) is 4.13. The van der Waals surface area contributed by atoms with E-state index in [1.165, 1.54) is 0 Å². The van der Waals surface area contributed by atoms with Gasteiger partial charge in [-0.15, -0.1) is 0 Å². The van der Waals surface area contributed by atoms with Crippen molar-refractivity contribution >= 4 is 49.1 Å². The number of nitrogens with two attached hydrogens (primary N) is 1. The second-order valence-corrected chi connectivity index (χ2v) is 4.23. The minimum atomic E-state index is 0.664. The number of rotatable bonds is 0. The van der Waals surface area contributed by atoms with Crippen LogP contribution in [0.2, 0.25) is 5.02 Å². The highest BCUT2D eigenvalue weighted by atomic mass is 79.9. The molecule has 0 aromatic heterocycles. The zero-order valence-electron chi connectivity index (χ0n) is 5.79. The van der Waals surface area contributed by atoms with Gasteiger partial charge in [0.2, 0.25) is 0 Å². The van der Waals surface area contributed by atoms with Crippen molar-refractivity contribution in [1.29, 1.82) is 0 Å². The molecule has 0 aliphatic carbocycles. The summed E-state index contributed by atoms with van der Waals surface area (Å²) in [6, 6.07) is 1.82. The standard InChI is InChI=1S/C7H6Br2ClN/c1-3-5(11)2-4(8)6(9)7(3)10/h2H,11H2,1H3. The van der Waals surface area contributed by atoms with Crippen molar-refractivity contribution in [2.45, 2.75) is 6.92 Å². The third-order valence-electron chi connectivity index (χ3n) is 1.45. The van der Waals surface area contributed by atoms with Crippen LogP contribution in [0.4, 0.5) is 5.69 Å². The van der Waals surface area contributed by atoms with Gasteiger partial charge in [-0.3, -0.25) is 0 Å². The van der Waals surface area contributed by atoms with E-state index in [0.29, 0.717) is 10.7 Å². The summed E-state index contributed by atoms with van der Waals surface area (Å²) in [5.74, 6) is 0. The first-order chi connectivity index (χ1) is 5.04. The molecule has 1 aromatic rings. The van der Waals surface area contributed by atoms with E-state index in [1.807, 2.05) is 13.0 Å². The van der Waals surface area contributed by atoms with Crippen LogP contribution in [0.15, 0.2) is 15.0 Å². The van der Waals surface area contributed by atoms with Crippen LogP contribution >= 0.6 is 43.5 Å². The van der Waals surface area contributed by atoms with E-state index >= 15 is 0 Å². The van der Waals surface area contributed by atoms with Crippen molar-refractivity contribution in [2.24, 2.45) is 0 Å². The Morgan fingerprint density at radius 2 is 2.00 bits per heavy atom. The molecule has 2 N–H and O–H groups in total. The van der Waals surface area contributed by atoms with Gasteiger partial charge >= 0.3 is 0 Å². The molecule has 0 atom stereocenters. The van der Waals surface area contributed by atoms with Crippen LogP contribution in [0, 0.1) is 6.92 Å². The fourth-order valence-corrected chi connectivity index (χ4v) is 1.89. The van der Waals surface area contributed by atoms with Gasteiger partial charge in [-0.1, -0.05) is 11.6 Å². The molecule has 0 heterocycles. The maximum absolute atomic E-state index is 5.93. The Balaban J connectivity index is 3.46. The predicted octanol–water partition coefficient (Wildman–Crippen LogP) is 3.76. The van der Waals surface area contributed by atoms with Gasteiger partial charge in [-0.2, -0.15) is 0 Å². The van der Waals surface area contributed by atoms with E-state index in [1.54, 1.807) is 0 Å². The SMILES string of the molecule is Cc1c(N)cc(Br)c(Br)c1Cl. The van der Waals surface area contributed by atoms with Crippen LogP contribution in [0.3, 0.4) is 0 Å². The predicted molar refractivity (Wildman–Crippen MR) is 56.0 cm³/mol. The van der Waals surface area contributed by atoms with Crippen LogP contribution in [-0.2, 0) is 0 Å². The molecule has 0 radical (unpaired) electrons. The molecular formula is C7H6Br2ClN. The normalized spacial score (nSPS) is 10.2. The van der Waals surface area contributed by atoms with Gasteiger partial charge in [-0.25, -0.2) is 0 Å². The Morgan fingerprint density at radius 3 is 2.55 bits per heavy atom. The van der Waals surface area contributed by atoms with Crippen molar-refractivity contribution in [3.8, 4) is 0 Å². The van der Waals surface area contributed by atoms with Gasteiger partial charge in [0, 0.05) is 10.2 Å². The Kier molecular flexibility index (Phi) is 2.84. The molecule has 0 aliphatic rings. The molecule has 0 spiro atoms. The largest absolute Gasteiger partial charge is 0.398 e. The lowest BCUT2D eigenvalue weighted by atomic mass is 10.2. The number of anilines is 1. The number of nitrogen functional groups attached to an aromatic ring is 1. The molecule has 0 unspecified atom stereocenters. The molecule has 1 rings (SSSR count). The summed E-state index contributed by atoms with van der Waals surface area (Å²) in [6.45, 7) is 1.88. The third kappa shape index (κ3) is 1.71. The Hall–Kier alpha value is 0.270. The van der Waals surface area contributed by atoms with E-state index in [0.717, 1.165) is 14.5 Å². The van der Waals surface area contributed by atoms with Gasteiger partial charge in [-0.05, 0) is 50.4 Å². The van der Waals surface area contributed by atoms with Crippen LogP contribution in [0.25, 0.3) is 0 Å². The van der Waals surface area contributed by atoms with Crippen LogP contribution in [0.1, 0.15) is 5.56 Å². The first-order valence-corrected chi connectivity index (χ1v) is 4.90. The second-order valence-electron chi connectivity index (χ2n) is 2.20. The van der Waals surface area contributed by atoms with E-state index in [-0.39, 0.29) is 0 Å². The van der Waals surface area contributed by atoms with E-state index in [2.05, 4.69) is 31.9 Å². The quantitative estimate of drug-likeness (QED) is 0.573. The van der Waals surface area contributed by atoms with Crippen LogP contribution in [-0.4, -0.2) is 0 Å². The zero-order chi connectivity index (χ0) is 8.59. The molecule has 1 nitrogen and oxygen atoms in total. The van der Waals surface area contributed by atoms with Gasteiger partial charge in [0.15, 0.2) is 0 Å². The highest BCUT2D eigenvalue weighted by Crippen LogP contribution is 2.36. The summed E-state index contributed by atoms with van der Waals surface area (Å²) in [4.78, 5) is 0. The lowest BCUT2D eigenvalue weighted by molar-refractivity contribution is 1.43. The monoisotopic (exact) mass is 297 g/mol. The molecule has 0 saturated carbocycles. The fourth-order valence-electron chi connectivity index (χ4n) is 0.704. The summed E-state index contributed by atoms with van der Waals surface area (Å²) < 4.78 is 1.73. The minimum absolute atomic E-state index is 0.664. The van der Waals surface area contributed by atoms with Crippen LogP contribution in [0.5, 0.6) is 0 Å². The molecule has 0 bridgehead atoms. The summed E-state index contributed by atoms with van der Waals surface area (Å²) in [5.41, 5.74) is 7.26. The van der Waals surface area contributed by atoms with E-state index < -0.39 is 0 Å². The lowest BCUT2D eigenvalue weighted by Crippen LogP contribution is -1.91. The maximum Gasteiger partial charge on any atom is 0.0609 e. The fraction of sp³-hybridized carbons (Fsp3) is 0.143. The molecule has 60 valence electrons. The lowest BCUT2D eigenvalue weighted by Gasteiger charge is -2.06. The Bertz CT molecular complexity index is 273. The molecule has 0 saturated heterocycles. The van der Waals surface area contributed by atoms with Gasteiger partial charge < -0.3 is 5.73 Å². The molecule has 0 fully saturated rings. The van der Waals surface area contributed by atoms with Gasteiger partial charge in [0.05, 0.1) is 9.50 Å². The molecule has 0 amide bonds. The first-order valence-electron chi connectivity index (χ1n) is 2.93. The number of hydrogen-bond acceptors (Lipinski definition) is 1. The number of halogens is 3. The van der Waals surface area contributed by atoms with Crippen molar-refractivity contribution in [1.82, 2.24) is 0 Å². The van der Waals surface area contributed by atoms with Gasteiger partial charge in [0.1, 0.15) is 0 Å². The molecule has 1 aromatic carbocycles. The molecule has 0 aliphatic heterocycles. The number of hydrogen-bond donors (Lipinski definition) is 1. The Labute approximate surface area is 87.2 Å². The number of benzene rings is 1. The maximum atomic E-state index is 5.93. The van der Waals surface area contributed by atoms with Crippen molar-refractivity contribution in [3.63, 3.8) is 0 Å². The summed E-state index contributed by atoms with van der Waals surface area (Å²) in [6.07, 6.45) is 0. The Morgan fingerprint density at radius 1 is 1.45 bits per heavy atom. The molecule has 11 heavy (non-hydrogen) atoms. The highest BCUT2D eigenvalue weighted by Gasteiger charge is 2.07. The average molecular weight is 299 g/mol. The van der Waals surface area contributed by atoms with E-state index in [9.17, 15) is 0 Å². The van der Waals surface area contributed by atoms with Gasteiger partial charge in [0.25, 0.3) is 0 Å². The van der Waals surface area contributed by atoms with Crippen LogP contribution < -0.4 is 5.73 Å².